The summed E-state index contributed by atoms with van der Waals surface area (Å²) in [5.41, 5.74) is 0. The fourth-order valence-electron chi connectivity index (χ4n) is 1.80. The lowest BCUT2D eigenvalue weighted by Crippen LogP contribution is -2.39. The fraction of sp³-hybridized carbons (Fsp3) is 0.500. The van der Waals surface area contributed by atoms with Crippen LogP contribution in [0, 0.1) is 0 Å². The van der Waals surface area contributed by atoms with E-state index in [1.54, 1.807) is 18.2 Å². The van der Waals surface area contributed by atoms with Crippen LogP contribution in [-0.2, 0) is 9.84 Å². The maximum atomic E-state index is 12.2. The molecule has 0 saturated carbocycles. The number of nitrogens with zero attached hydrogens (tertiary/aromatic N) is 1. The van der Waals surface area contributed by atoms with Gasteiger partial charge in [-0.05, 0) is 47.4 Å². The predicted octanol–water partition coefficient (Wildman–Crippen LogP) is 1.37. The maximum absolute atomic E-state index is 12.2. The molecule has 0 unspecified atom stereocenters. The lowest BCUT2D eigenvalue weighted by molar-refractivity contribution is 0.495. The molecule has 1 saturated heterocycles. The highest BCUT2D eigenvalue weighted by molar-refractivity contribution is 9.10. The van der Waals surface area contributed by atoms with Crippen LogP contribution in [0.4, 0.5) is 0 Å². The quantitative estimate of drug-likeness (QED) is 0.839. The first kappa shape index (κ1) is 12.0. The van der Waals surface area contributed by atoms with Crippen LogP contribution in [-0.4, -0.2) is 31.7 Å². The zero-order valence-electron chi connectivity index (χ0n) is 8.69. The molecule has 1 N–H and O–H groups in total. The summed E-state index contributed by atoms with van der Waals surface area (Å²) in [5, 5.41) is 2.92. The van der Waals surface area contributed by atoms with Crippen molar-refractivity contribution in [3.8, 4) is 0 Å². The minimum Gasteiger partial charge on any atom is -0.315 e. The molecule has 16 heavy (non-hydrogen) atoms. The first-order valence-electron chi connectivity index (χ1n) is 5.18. The zero-order chi connectivity index (χ0) is 11.6. The molecule has 2 rings (SSSR count). The number of pyridine rings is 1. The monoisotopic (exact) mass is 304 g/mol. The third kappa shape index (κ3) is 2.44. The average Bonchev–Trinajstić information content (AvgIpc) is 2.30. The van der Waals surface area contributed by atoms with E-state index in [1.165, 1.54) is 0 Å². The maximum Gasteiger partial charge on any atom is 0.199 e. The van der Waals surface area contributed by atoms with Gasteiger partial charge >= 0.3 is 0 Å². The molecule has 2 heterocycles. The molecule has 0 aliphatic carbocycles. The second-order valence-corrected chi connectivity index (χ2v) is 6.80. The third-order valence-corrected chi connectivity index (χ3v) is 5.20. The van der Waals surface area contributed by atoms with Gasteiger partial charge in [0.1, 0.15) is 4.60 Å². The van der Waals surface area contributed by atoms with E-state index in [0.717, 1.165) is 13.0 Å². The van der Waals surface area contributed by atoms with E-state index in [-0.39, 0.29) is 10.3 Å². The van der Waals surface area contributed by atoms with E-state index in [1.807, 2.05) is 0 Å². The zero-order valence-corrected chi connectivity index (χ0v) is 11.1. The van der Waals surface area contributed by atoms with Crippen LogP contribution in [0.25, 0.3) is 0 Å². The molecule has 1 fully saturated rings. The summed E-state index contributed by atoms with van der Waals surface area (Å²) in [7, 11) is -3.29. The Morgan fingerprint density at radius 2 is 2.25 bits per heavy atom. The minimum absolute atomic E-state index is 0.163. The van der Waals surface area contributed by atoms with Gasteiger partial charge < -0.3 is 5.32 Å². The third-order valence-electron chi connectivity index (χ3n) is 2.67. The molecule has 6 heteroatoms. The van der Waals surface area contributed by atoms with E-state index in [4.69, 9.17) is 0 Å². The lowest BCUT2D eigenvalue weighted by Gasteiger charge is -2.22. The van der Waals surface area contributed by atoms with Crippen molar-refractivity contribution in [1.29, 1.82) is 0 Å². The fourth-order valence-corrected chi connectivity index (χ4v) is 3.91. The molecular formula is C10H13BrN2O2S. The second-order valence-electron chi connectivity index (χ2n) is 3.81. The van der Waals surface area contributed by atoms with Crippen molar-refractivity contribution in [3.63, 3.8) is 0 Å². The highest BCUT2D eigenvalue weighted by atomic mass is 79.9. The molecule has 1 atom stereocenters. The Labute approximate surface area is 104 Å². The number of aromatic nitrogens is 1. The summed E-state index contributed by atoms with van der Waals surface area (Å²) < 4.78 is 25.0. The standard InChI is InChI=1S/C10H13BrN2O2S/c11-9-4-1-5-10(13-9)16(14,15)8-3-2-6-12-7-8/h1,4-5,8,12H,2-3,6-7H2/t8-/m1/s1. The van der Waals surface area contributed by atoms with E-state index in [2.05, 4.69) is 26.2 Å². The molecule has 88 valence electrons. The molecular weight excluding hydrogens is 292 g/mol. The SMILES string of the molecule is O=S(=O)(c1cccc(Br)n1)[C@@H]1CCCNC1. The van der Waals surface area contributed by atoms with Crippen molar-refractivity contribution in [2.24, 2.45) is 0 Å². The van der Waals surface area contributed by atoms with Gasteiger partial charge in [0, 0.05) is 6.54 Å². The Bertz CT molecular complexity index is 469. The molecule has 0 spiro atoms. The molecule has 0 radical (unpaired) electrons. The van der Waals surface area contributed by atoms with Gasteiger partial charge in [0.2, 0.25) is 0 Å². The van der Waals surface area contributed by atoms with Gasteiger partial charge in [-0.15, -0.1) is 0 Å². The Morgan fingerprint density at radius 1 is 1.44 bits per heavy atom. The van der Waals surface area contributed by atoms with Crippen molar-refractivity contribution in [3.05, 3.63) is 22.8 Å². The topological polar surface area (TPSA) is 59.1 Å². The number of sulfone groups is 1. The lowest BCUT2D eigenvalue weighted by atomic mass is 10.2. The normalized spacial score (nSPS) is 21.9. The highest BCUT2D eigenvalue weighted by Gasteiger charge is 2.29. The summed E-state index contributed by atoms with van der Waals surface area (Å²) in [6.07, 6.45) is 1.61. The van der Waals surface area contributed by atoms with Crippen molar-refractivity contribution in [2.45, 2.75) is 23.1 Å². The van der Waals surface area contributed by atoms with E-state index in [0.29, 0.717) is 17.6 Å². The minimum atomic E-state index is -3.29. The van der Waals surface area contributed by atoms with Gasteiger partial charge in [0.05, 0.1) is 5.25 Å². The number of halogens is 1. The highest BCUT2D eigenvalue weighted by Crippen LogP contribution is 2.20. The van der Waals surface area contributed by atoms with Crippen molar-refractivity contribution in [1.82, 2.24) is 10.3 Å². The molecule has 1 aromatic rings. The Balaban J connectivity index is 2.30. The van der Waals surface area contributed by atoms with Gasteiger partial charge in [-0.25, -0.2) is 13.4 Å². The number of nitrogens with one attached hydrogen (secondary N) is 1. The van der Waals surface area contributed by atoms with E-state index in [9.17, 15) is 8.42 Å². The van der Waals surface area contributed by atoms with Gasteiger partial charge in [0.25, 0.3) is 0 Å². The summed E-state index contributed by atoms with van der Waals surface area (Å²) in [6, 6.07) is 4.97. The van der Waals surface area contributed by atoms with Gasteiger partial charge in [-0.1, -0.05) is 6.07 Å². The van der Waals surface area contributed by atoms with Crippen LogP contribution in [0.2, 0.25) is 0 Å². The van der Waals surface area contributed by atoms with E-state index < -0.39 is 9.84 Å². The van der Waals surface area contributed by atoms with Crippen LogP contribution in [0.5, 0.6) is 0 Å². The average molecular weight is 305 g/mol. The number of rotatable bonds is 2. The van der Waals surface area contributed by atoms with E-state index >= 15 is 0 Å². The first-order chi connectivity index (χ1) is 7.60. The molecule has 1 aromatic heterocycles. The molecule has 4 nitrogen and oxygen atoms in total. The van der Waals surface area contributed by atoms with Gasteiger partial charge in [0.15, 0.2) is 14.9 Å². The summed E-state index contributed by atoms with van der Waals surface area (Å²) in [6.45, 7) is 1.43. The Morgan fingerprint density at radius 3 is 2.88 bits per heavy atom. The van der Waals surface area contributed by atoms with Crippen LogP contribution in [0.15, 0.2) is 27.8 Å². The summed E-state index contributed by atoms with van der Waals surface area (Å²) >= 11 is 3.19. The van der Waals surface area contributed by atoms with Crippen LogP contribution < -0.4 is 5.32 Å². The summed E-state index contributed by atoms with van der Waals surface area (Å²) in [5.74, 6) is 0. The number of hydrogen-bond acceptors (Lipinski definition) is 4. The Kier molecular flexibility index (Phi) is 3.61. The van der Waals surface area contributed by atoms with Crippen LogP contribution in [0.3, 0.4) is 0 Å². The van der Waals surface area contributed by atoms with Crippen molar-refractivity contribution >= 4 is 25.8 Å². The predicted molar refractivity (Wildman–Crippen MR) is 65.0 cm³/mol. The number of piperidine rings is 1. The van der Waals surface area contributed by atoms with Gasteiger partial charge in [-0.2, -0.15) is 0 Å². The molecule has 0 bridgehead atoms. The Hall–Kier alpha value is -0.460. The first-order valence-corrected chi connectivity index (χ1v) is 7.52. The molecule has 1 aliphatic heterocycles. The molecule has 0 amide bonds. The van der Waals surface area contributed by atoms with Crippen molar-refractivity contribution in [2.75, 3.05) is 13.1 Å². The second kappa shape index (κ2) is 4.81. The van der Waals surface area contributed by atoms with Gasteiger partial charge in [-0.3, -0.25) is 0 Å². The number of hydrogen-bond donors (Lipinski definition) is 1. The largest absolute Gasteiger partial charge is 0.315 e. The van der Waals surface area contributed by atoms with Crippen LogP contribution >= 0.6 is 15.9 Å². The molecule has 0 aromatic carbocycles. The molecule has 1 aliphatic rings. The smallest absolute Gasteiger partial charge is 0.199 e. The summed E-state index contributed by atoms with van der Waals surface area (Å²) in [4.78, 5) is 4.02. The van der Waals surface area contributed by atoms with Crippen molar-refractivity contribution < 1.29 is 8.42 Å². The van der Waals surface area contributed by atoms with Crippen LogP contribution in [0.1, 0.15) is 12.8 Å².